The highest BCUT2D eigenvalue weighted by Crippen LogP contribution is 2.37. The van der Waals surface area contributed by atoms with Gasteiger partial charge in [-0.15, -0.1) is 6.58 Å². The first-order chi connectivity index (χ1) is 13.4. The lowest BCUT2D eigenvalue weighted by atomic mass is 10.1. The maximum Gasteiger partial charge on any atom is 0.335 e. The van der Waals surface area contributed by atoms with E-state index >= 15 is 0 Å². The first-order valence-electron chi connectivity index (χ1n) is 8.50. The Morgan fingerprint density at radius 3 is 2.61 bits per heavy atom. The van der Waals surface area contributed by atoms with Crippen molar-refractivity contribution in [1.29, 1.82) is 0 Å². The molecule has 28 heavy (non-hydrogen) atoms. The second kappa shape index (κ2) is 8.14. The molecule has 2 aromatic rings. The van der Waals surface area contributed by atoms with Crippen LogP contribution in [0, 0.1) is 0 Å². The van der Waals surface area contributed by atoms with Gasteiger partial charge in [0.1, 0.15) is 0 Å². The number of nitrogens with zero attached hydrogens (tertiary/aromatic N) is 2. The van der Waals surface area contributed by atoms with Crippen molar-refractivity contribution in [3.63, 3.8) is 0 Å². The van der Waals surface area contributed by atoms with Gasteiger partial charge in [0.25, 0.3) is 5.91 Å². The van der Waals surface area contributed by atoms with Gasteiger partial charge in [-0.05, 0) is 60.2 Å². The van der Waals surface area contributed by atoms with Crippen molar-refractivity contribution in [3.8, 4) is 0 Å². The lowest BCUT2D eigenvalue weighted by Crippen LogP contribution is -2.29. The van der Waals surface area contributed by atoms with E-state index in [2.05, 4.69) is 11.6 Å². The van der Waals surface area contributed by atoms with Crippen LogP contribution in [0.3, 0.4) is 0 Å². The molecule has 1 heterocycles. The number of carboxylic acid groups (broad SMARTS) is 1. The predicted molar refractivity (Wildman–Crippen MR) is 113 cm³/mol. The van der Waals surface area contributed by atoms with Gasteiger partial charge < -0.3 is 10.8 Å². The first-order valence-corrected chi connectivity index (χ1v) is 9.32. The normalized spacial score (nSPS) is 17.1. The van der Waals surface area contributed by atoms with Gasteiger partial charge in [-0.2, -0.15) is 0 Å². The minimum absolute atomic E-state index is 0.139. The quantitative estimate of drug-likeness (QED) is 0.452. The molecule has 0 atom stereocenters. The highest BCUT2D eigenvalue weighted by Gasteiger charge is 2.34. The molecule has 0 saturated carbocycles. The van der Waals surface area contributed by atoms with Crippen LogP contribution < -0.4 is 5.73 Å². The molecule has 7 heteroatoms. The van der Waals surface area contributed by atoms with E-state index < -0.39 is 5.97 Å². The maximum absolute atomic E-state index is 13.0. The third-order valence-electron chi connectivity index (χ3n) is 4.18. The predicted octanol–water partition coefficient (Wildman–Crippen LogP) is 4.15. The van der Waals surface area contributed by atoms with E-state index in [1.165, 1.54) is 28.8 Å². The topological polar surface area (TPSA) is 96.0 Å². The zero-order valence-electron chi connectivity index (χ0n) is 15.3. The number of carbonyl (C=O) groups excluding carboxylic acids is 1. The molecule has 0 aromatic heterocycles. The highest BCUT2D eigenvalue weighted by molar-refractivity contribution is 8.18. The molecular weight excluding hydrogens is 374 g/mol. The number of anilines is 1. The summed E-state index contributed by atoms with van der Waals surface area (Å²) in [5.41, 5.74) is 8.73. The number of rotatable bonds is 5. The summed E-state index contributed by atoms with van der Waals surface area (Å²) in [6, 6.07) is 13.6. The van der Waals surface area contributed by atoms with Gasteiger partial charge >= 0.3 is 5.97 Å². The average Bonchev–Trinajstić information content (AvgIpc) is 2.98. The van der Waals surface area contributed by atoms with E-state index in [1.54, 1.807) is 30.3 Å². The number of hydrogen-bond acceptors (Lipinski definition) is 5. The molecule has 3 N–H and O–H groups in total. The summed E-state index contributed by atoms with van der Waals surface area (Å²) in [4.78, 5) is 30.7. The average molecular weight is 393 g/mol. The molecule has 1 aliphatic rings. The molecule has 0 unspecified atom stereocenters. The van der Waals surface area contributed by atoms with E-state index in [0.29, 0.717) is 28.0 Å². The largest absolute Gasteiger partial charge is 0.478 e. The summed E-state index contributed by atoms with van der Waals surface area (Å²) in [7, 11) is 0. The van der Waals surface area contributed by atoms with Gasteiger partial charge in [0.15, 0.2) is 5.17 Å². The van der Waals surface area contributed by atoms with Crippen molar-refractivity contribution in [3.05, 3.63) is 77.2 Å². The lowest BCUT2D eigenvalue weighted by Gasteiger charge is -2.12. The summed E-state index contributed by atoms with van der Waals surface area (Å²) in [6.07, 6.45) is 1.63. The van der Waals surface area contributed by atoms with Crippen LogP contribution in [0.2, 0.25) is 0 Å². The molecule has 0 spiro atoms. The fourth-order valence-corrected chi connectivity index (χ4v) is 3.76. The maximum atomic E-state index is 13.0. The standard InChI is InChI=1S/C21H19N3O3S/c1-3-11-24-19(25)18(13(2)14-7-9-16(22)10-8-14)28-21(24)23-17-6-4-5-15(12-17)20(26)27/h3-10,12H,1,11,22H2,2H3,(H,26,27)/b18-13-,23-21?. The third kappa shape index (κ3) is 3.99. The summed E-state index contributed by atoms with van der Waals surface area (Å²) in [5.74, 6) is -1.19. The van der Waals surface area contributed by atoms with Crippen molar-refractivity contribution >= 4 is 45.8 Å². The second-order valence-corrected chi connectivity index (χ2v) is 7.11. The summed E-state index contributed by atoms with van der Waals surface area (Å²) in [5, 5.41) is 9.64. The Morgan fingerprint density at radius 2 is 1.96 bits per heavy atom. The summed E-state index contributed by atoms with van der Waals surface area (Å²) in [6.45, 7) is 5.90. The van der Waals surface area contributed by atoms with Crippen LogP contribution in [0.5, 0.6) is 0 Å². The molecule has 0 bridgehead atoms. The van der Waals surface area contributed by atoms with Gasteiger partial charge in [-0.3, -0.25) is 9.69 Å². The molecule has 1 aliphatic heterocycles. The summed E-state index contributed by atoms with van der Waals surface area (Å²) >= 11 is 1.26. The molecule has 3 rings (SSSR count). The fourth-order valence-electron chi connectivity index (χ4n) is 2.69. The van der Waals surface area contributed by atoms with Crippen molar-refractivity contribution in [1.82, 2.24) is 4.90 Å². The Labute approximate surface area is 167 Å². The van der Waals surface area contributed by atoms with E-state index in [9.17, 15) is 9.59 Å². The van der Waals surface area contributed by atoms with Gasteiger partial charge in [-0.1, -0.05) is 24.3 Å². The molecular formula is C21H19N3O3S. The number of allylic oxidation sites excluding steroid dienone is 1. The van der Waals surface area contributed by atoms with E-state index in [4.69, 9.17) is 10.8 Å². The van der Waals surface area contributed by atoms with Crippen LogP contribution in [0.25, 0.3) is 5.57 Å². The number of amidine groups is 1. The van der Waals surface area contributed by atoms with Crippen molar-refractivity contribution < 1.29 is 14.7 Å². The number of nitrogens with two attached hydrogens (primary N) is 1. The molecule has 1 saturated heterocycles. The number of aliphatic imine (C=N–C) groups is 1. The highest BCUT2D eigenvalue weighted by atomic mass is 32.2. The second-order valence-electron chi connectivity index (χ2n) is 6.13. The zero-order chi connectivity index (χ0) is 20.3. The van der Waals surface area contributed by atoms with Crippen LogP contribution in [0.15, 0.2) is 71.1 Å². The van der Waals surface area contributed by atoms with Crippen LogP contribution in [-0.4, -0.2) is 33.6 Å². The number of amides is 1. The Morgan fingerprint density at radius 1 is 1.25 bits per heavy atom. The number of thioether (sulfide) groups is 1. The SMILES string of the molecule is C=CCN1C(=O)/C(=C(\C)c2ccc(N)cc2)SC1=Nc1cccc(C(=O)O)c1. The Kier molecular flexibility index (Phi) is 5.65. The summed E-state index contributed by atoms with van der Waals surface area (Å²) < 4.78 is 0. The monoisotopic (exact) mass is 393 g/mol. The smallest absolute Gasteiger partial charge is 0.335 e. The Hall–Kier alpha value is -3.32. The number of carboxylic acids is 1. The molecule has 1 fully saturated rings. The molecule has 1 amide bonds. The van der Waals surface area contributed by atoms with E-state index in [-0.39, 0.29) is 11.5 Å². The molecule has 0 aliphatic carbocycles. The van der Waals surface area contributed by atoms with Gasteiger partial charge in [0.05, 0.1) is 16.2 Å². The minimum Gasteiger partial charge on any atom is -0.478 e. The number of hydrogen-bond donors (Lipinski definition) is 2. The van der Waals surface area contributed by atoms with E-state index in [1.807, 2.05) is 19.1 Å². The fraction of sp³-hybridized carbons (Fsp3) is 0.0952. The van der Waals surface area contributed by atoms with Crippen molar-refractivity contribution in [2.45, 2.75) is 6.92 Å². The zero-order valence-corrected chi connectivity index (χ0v) is 16.1. The number of aromatic carboxylic acids is 1. The first kappa shape index (κ1) is 19.4. The lowest BCUT2D eigenvalue weighted by molar-refractivity contribution is -0.121. The van der Waals surface area contributed by atoms with Crippen LogP contribution in [0.1, 0.15) is 22.8 Å². The van der Waals surface area contributed by atoms with Gasteiger partial charge in [-0.25, -0.2) is 9.79 Å². The van der Waals surface area contributed by atoms with Crippen molar-refractivity contribution in [2.75, 3.05) is 12.3 Å². The van der Waals surface area contributed by atoms with Crippen LogP contribution in [-0.2, 0) is 4.79 Å². The Bertz CT molecular complexity index is 1010. The molecule has 0 radical (unpaired) electrons. The number of nitrogen functional groups attached to an aromatic ring is 1. The number of benzene rings is 2. The molecule has 2 aromatic carbocycles. The van der Waals surface area contributed by atoms with Gasteiger partial charge in [0, 0.05) is 12.2 Å². The minimum atomic E-state index is -1.03. The van der Waals surface area contributed by atoms with Gasteiger partial charge in [0.2, 0.25) is 0 Å². The van der Waals surface area contributed by atoms with Crippen LogP contribution >= 0.6 is 11.8 Å². The van der Waals surface area contributed by atoms with E-state index in [0.717, 1.165) is 11.1 Å². The van der Waals surface area contributed by atoms with Crippen LogP contribution in [0.4, 0.5) is 11.4 Å². The Balaban J connectivity index is 2.02. The van der Waals surface area contributed by atoms with Crippen molar-refractivity contribution in [2.24, 2.45) is 4.99 Å². The number of carbonyl (C=O) groups is 2. The molecule has 142 valence electrons. The third-order valence-corrected chi connectivity index (χ3v) is 5.36. The molecule has 6 nitrogen and oxygen atoms in total.